The first-order valence-corrected chi connectivity index (χ1v) is 13.3. The van der Waals surface area contributed by atoms with Gasteiger partial charge < -0.3 is 10.4 Å². The van der Waals surface area contributed by atoms with Crippen molar-refractivity contribution in [2.45, 2.75) is 19.3 Å². The van der Waals surface area contributed by atoms with Crippen LogP contribution in [0.15, 0.2) is 115 Å². The fourth-order valence-electron chi connectivity index (χ4n) is 4.38. The van der Waals surface area contributed by atoms with Crippen molar-refractivity contribution < 1.29 is 5.11 Å². The molecule has 0 aliphatic heterocycles. The molecule has 0 atom stereocenters. The number of hydrogen-bond acceptors (Lipinski definition) is 2. The molecule has 0 bridgehead atoms. The van der Waals surface area contributed by atoms with E-state index in [0.29, 0.717) is 5.75 Å². The molecule has 0 amide bonds. The summed E-state index contributed by atoms with van der Waals surface area (Å²) >= 11 is 0. The zero-order valence-corrected chi connectivity index (χ0v) is 19.3. The Labute approximate surface area is 192 Å². The standard InChI is InChI=1S/C29H30NOP/c31-29-22-12-11-21-28(29)30-23-13-4-14-24-32(25-15-5-1-6-16-25,26-17-7-2-8-18-26)27-19-9-3-10-20-27/h1-3,5-12,15-22,30H,4,13-14,23-24H2/p+1. The zero-order chi connectivity index (χ0) is 22.1. The van der Waals surface area contributed by atoms with Gasteiger partial charge in [0.2, 0.25) is 0 Å². The van der Waals surface area contributed by atoms with E-state index in [-0.39, 0.29) is 0 Å². The van der Waals surface area contributed by atoms with Gasteiger partial charge in [-0.2, -0.15) is 0 Å². The summed E-state index contributed by atoms with van der Waals surface area (Å²) in [4.78, 5) is 0. The van der Waals surface area contributed by atoms with E-state index in [1.807, 2.05) is 18.2 Å². The van der Waals surface area contributed by atoms with Gasteiger partial charge in [-0.15, -0.1) is 0 Å². The molecular formula is C29H31NOP+. The highest BCUT2D eigenvalue weighted by Crippen LogP contribution is 2.55. The molecule has 0 unspecified atom stereocenters. The third-order valence-electron chi connectivity index (χ3n) is 5.98. The summed E-state index contributed by atoms with van der Waals surface area (Å²) in [7, 11) is -1.73. The minimum Gasteiger partial charge on any atom is -0.506 e. The van der Waals surface area contributed by atoms with E-state index in [0.717, 1.165) is 37.7 Å². The second-order valence-corrected chi connectivity index (χ2v) is 11.7. The van der Waals surface area contributed by atoms with Crippen molar-refractivity contribution in [2.24, 2.45) is 0 Å². The van der Waals surface area contributed by atoms with E-state index in [1.165, 1.54) is 15.9 Å². The predicted molar refractivity (Wildman–Crippen MR) is 140 cm³/mol. The lowest BCUT2D eigenvalue weighted by Gasteiger charge is -2.27. The third kappa shape index (κ3) is 5.03. The van der Waals surface area contributed by atoms with Crippen molar-refractivity contribution in [1.29, 1.82) is 0 Å². The van der Waals surface area contributed by atoms with Gasteiger partial charge >= 0.3 is 0 Å². The molecule has 0 saturated carbocycles. The first-order valence-electron chi connectivity index (χ1n) is 11.4. The maximum atomic E-state index is 9.94. The minimum absolute atomic E-state index is 0.315. The number of nitrogens with one attached hydrogen (secondary N) is 1. The smallest absolute Gasteiger partial charge is 0.138 e. The Hall–Kier alpha value is -3.09. The van der Waals surface area contributed by atoms with Gasteiger partial charge in [-0.25, -0.2) is 0 Å². The largest absolute Gasteiger partial charge is 0.506 e. The topological polar surface area (TPSA) is 32.3 Å². The Bertz CT molecular complexity index is 987. The molecule has 2 N–H and O–H groups in total. The Morgan fingerprint density at radius 3 is 1.50 bits per heavy atom. The van der Waals surface area contributed by atoms with Crippen LogP contribution in [0.4, 0.5) is 5.69 Å². The molecule has 0 spiro atoms. The van der Waals surface area contributed by atoms with Crippen LogP contribution in [-0.4, -0.2) is 17.8 Å². The first-order chi connectivity index (χ1) is 15.8. The summed E-state index contributed by atoms with van der Waals surface area (Å²) in [6, 6.07) is 40.7. The maximum absolute atomic E-state index is 9.94. The molecule has 2 nitrogen and oxygen atoms in total. The van der Waals surface area contributed by atoms with Gasteiger partial charge in [0.15, 0.2) is 0 Å². The van der Waals surface area contributed by atoms with Crippen LogP contribution in [0.25, 0.3) is 0 Å². The number of rotatable bonds is 10. The van der Waals surface area contributed by atoms with E-state index in [4.69, 9.17) is 0 Å². The summed E-state index contributed by atoms with van der Waals surface area (Å²) in [5, 5.41) is 17.7. The van der Waals surface area contributed by atoms with Crippen LogP contribution in [0.3, 0.4) is 0 Å². The highest BCUT2D eigenvalue weighted by atomic mass is 31.2. The van der Waals surface area contributed by atoms with Gasteiger partial charge in [-0.1, -0.05) is 66.7 Å². The molecular weight excluding hydrogens is 409 g/mol. The summed E-state index contributed by atoms with van der Waals surface area (Å²) in [6.45, 7) is 0.866. The minimum atomic E-state index is -1.73. The van der Waals surface area contributed by atoms with Crippen LogP contribution >= 0.6 is 7.26 Å². The van der Waals surface area contributed by atoms with Crippen molar-refractivity contribution in [1.82, 2.24) is 0 Å². The average Bonchev–Trinajstić information content (AvgIpc) is 2.86. The summed E-state index contributed by atoms with van der Waals surface area (Å²) in [6.07, 6.45) is 4.54. The van der Waals surface area contributed by atoms with Crippen molar-refractivity contribution in [3.05, 3.63) is 115 Å². The maximum Gasteiger partial charge on any atom is 0.138 e. The van der Waals surface area contributed by atoms with Crippen molar-refractivity contribution in [3.63, 3.8) is 0 Å². The van der Waals surface area contributed by atoms with Gasteiger partial charge in [-0.3, -0.25) is 0 Å². The van der Waals surface area contributed by atoms with E-state index in [1.54, 1.807) is 6.07 Å². The van der Waals surface area contributed by atoms with Gasteiger partial charge in [0.25, 0.3) is 0 Å². The monoisotopic (exact) mass is 440 g/mol. The Kier molecular flexibility index (Phi) is 7.59. The van der Waals surface area contributed by atoms with Gasteiger partial charge in [0.05, 0.1) is 11.8 Å². The van der Waals surface area contributed by atoms with Crippen LogP contribution in [0.1, 0.15) is 19.3 Å². The molecule has 4 aromatic carbocycles. The first kappa shape index (κ1) is 22.1. The molecule has 0 aromatic heterocycles. The molecule has 0 fully saturated rings. The number of phenolic OH excluding ortho intramolecular Hbond substituents is 1. The van der Waals surface area contributed by atoms with Crippen LogP contribution in [-0.2, 0) is 0 Å². The van der Waals surface area contributed by atoms with Crippen LogP contribution < -0.4 is 21.2 Å². The molecule has 0 aliphatic rings. The molecule has 3 heteroatoms. The lowest BCUT2D eigenvalue weighted by atomic mass is 10.2. The van der Waals surface area contributed by atoms with E-state index in [2.05, 4.69) is 96.3 Å². The lowest BCUT2D eigenvalue weighted by molar-refractivity contribution is 0.477. The average molecular weight is 441 g/mol. The second-order valence-electron chi connectivity index (χ2n) is 8.04. The highest BCUT2D eigenvalue weighted by Gasteiger charge is 2.44. The lowest BCUT2D eigenvalue weighted by Crippen LogP contribution is -2.33. The molecule has 32 heavy (non-hydrogen) atoms. The van der Waals surface area contributed by atoms with Gasteiger partial charge in [0.1, 0.15) is 28.9 Å². The van der Waals surface area contributed by atoms with E-state index in [9.17, 15) is 5.11 Å². The van der Waals surface area contributed by atoms with Crippen LogP contribution in [0.2, 0.25) is 0 Å². The van der Waals surface area contributed by atoms with Crippen LogP contribution in [0, 0.1) is 0 Å². The van der Waals surface area contributed by atoms with Crippen LogP contribution in [0.5, 0.6) is 5.75 Å². The van der Waals surface area contributed by atoms with E-state index >= 15 is 0 Å². The highest BCUT2D eigenvalue weighted by molar-refractivity contribution is 7.95. The molecule has 4 rings (SSSR count). The molecule has 4 aromatic rings. The number of aromatic hydroxyl groups is 1. The zero-order valence-electron chi connectivity index (χ0n) is 18.4. The molecule has 0 saturated heterocycles. The fraction of sp³-hybridized carbons (Fsp3) is 0.172. The number of benzene rings is 4. The molecule has 0 heterocycles. The number of unbranched alkanes of at least 4 members (excludes halogenated alkanes) is 2. The second kappa shape index (κ2) is 11.0. The molecule has 162 valence electrons. The predicted octanol–water partition coefficient (Wildman–Crippen LogP) is 5.97. The number of anilines is 1. The van der Waals surface area contributed by atoms with Gasteiger partial charge in [0, 0.05) is 6.54 Å². The van der Waals surface area contributed by atoms with Crippen molar-refractivity contribution in [3.8, 4) is 5.75 Å². The molecule has 0 radical (unpaired) electrons. The number of para-hydroxylation sites is 2. The normalized spacial score (nSPS) is 11.2. The third-order valence-corrected chi connectivity index (χ3v) is 10.5. The van der Waals surface area contributed by atoms with Crippen molar-refractivity contribution in [2.75, 3.05) is 18.0 Å². The van der Waals surface area contributed by atoms with Crippen molar-refractivity contribution >= 4 is 28.9 Å². The number of hydrogen-bond donors (Lipinski definition) is 2. The summed E-state index contributed by atoms with van der Waals surface area (Å²) < 4.78 is 0. The van der Waals surface area contributed by atoms with E-state index < -0.39 is 7.26 Å². The summed E-state index contributed by atoms with van der Waals surface area (Å²) in [5.74, 6) is 0.315. The SMILES string of the molecule is Oc1ccccc1NCCCCC[P+](c1ccccc1)(c1ccccc1)c1ccccc1. The fourth-order valence-corrected chi connectivity index (χ4v) is 8.79. The molecule has 0 aliphatic carbocycles. The number of phenols is 1. The Morgan fingerprint density at radius 1 is 0.531 bits per heavy atom. The summed E-state index contributed by atoms with van der Waals surface area (Å²) in [5.41, 5.74) is 0.812. The quantitative estimate of drug-likeness (QED) is 0.181. The van der Waals surface area contributed by atoms with Gasteiger partial charge in [-0.05, 0) is 67.8 Å². The Balaban J connectivity index is 1.53. The Morgan fingerprint density at radius 2 is 1.00 bits per heavy atom.